The number of unbranched alkanes of at least 4 members (excludes halogenated alkanes) is 1. The summed E-state index contributed by atoms with van der Waals surface area (Å²) in [5.74, 6) is 1.66. The van der Waals surface area contributed by atoms with Crippen molar-refractivity contribution >= 4 is 11.6 Å². The molecule has 2 rings (SSSR count). The number of hydrogen-bond acceptors (Lipinski definition) is 3. The Morgan fingerprint density at radius 2 is 1.39 bits per heavy atom. The van der Waals surface area contributed by atoms with Crippen LogP contribution >= 0.6 is 0 Å². The number of ether oxygens (including phenoxy) is 2. The van der Waals surface area contributed by atoms with Gasteiger partial charge in [0.05, 0.1) is 13.2 Å². The fourth-order valence-electron chi connectivity index (χ4n) is 2.67. The van der Waals surface area contributed by atoms with Gasteiger partial charge in [0.1, 0.15) is 11.5 Å². The third-order valence-corrected chi connectivity index (χ3v) is 4.44. The minimum Gasteiger partial charge on any atom is -0.494 e. The fraction of sp³-hybridized carbons (Fsp3) is 0.458. The van der Waals surface area contributed by atoms with E-state index in [0.717, 1.165) is 36.6 Å². The molecular formula is C24H33NO3. The van der Waals surface area contributed by atoms with Crippen molar-refractivity contribution in [3.63, 3.8) is 0 Å². The summed E-state index contributed by atoms with van der Waals surface area (Å²) in [6, 6.07) is 15.7. The molecule has 28 heavy (non-hydrogen) atoms. The monoisotopic (exact) mass is 383 g/mol. The Morgan fingerprint density at radius 1 is 0.857 bits per heavy atom. The summed E-state index contributed by atoms with van der Waals surface area (Å²) in [6.07, 6.45) is 3.25. The Labute approximate surface area is 169 Å². The van der Waals surface area contributed by atoms with Gasteiger partial charge in [-0.25, -0.2) is 0 Å². The molecule has 152 valence electrons. The Morgan fingerprint density at radius 3 is 1.93 bits per heavy atom. The highest BCUT2D eigenvalue weighted by atomic mass is 16.5. The van der Waals surface area contributed by atoms with Gasteiger partial charge in [-0.3, -0.25) is 4.79 Å². The molecule has 0 fully saturated rings. The highest BCUT2D eigenvalue weighted by Crippen LogP contribution is 2.24. The van der Waals surface area contributed by atoms with Crippen LogP contribution in [0.15, 0.2) is 48.5 Å². The van der Waals surface area contributed by atoms with E-state index in [1.54, 1.807) is 0 Å². The SMILES string of the molecule is CCCCOc1ccc(NC(=O)CCCOc2ccc(C(C)(C)C)cc2)cc1. The Balaban J connectivity index is 1.67. The van der Waals surface area contributed by atoms with Gasteiger partial charge in [-0.1, -0.05) is 46.2 Å². The molecule has 0 saturated heterocycles. The second-order valence-corrected chi connectivity index (χ2v) is 8.00. The first-order valence-electron chi connectivity index (χ1n) is 10.1. The number of amides is 1. The molecule has 0 aliphatic heterocycles. The molecule has 0 bridgehead atoms. The third kappa shape index (κ3) is 7.63. The van der Waals surface area contributed by atoms with Crippen LogP contribution in [0.25, 0.3) is 0 Å². The molecule has 0 unspecified atom stereocenters. The van der Waals surface area contributed by atoms with Gasteiger partial charge in [0, 0.05) is 12.1 Å². The lowest BCUT2D eigenvalue weighted by molar-refractivity contribution is -0.116. The van der Waals surface area contributed by atoms with E-state index in [1.165, 1.54) is 5.56 Å². The Kier molecular flexibility index (Phi) is 8.37. The summed E-state index contributed by atoms with van der Waals surface area (Å²) < 4.78 is 11.4. The Hall–Kier alpha value is -2.49. The maximum atomic E-state index is 12.1. The van der Waals surface area contributed by atoms with Crippen LogP contribution in [0.2, 0.25) is 0 Å². The molecule has 0 saturated carbocycles. The number of anilines is 1. The van der Waals surface area contributed by atoms with Gasteiger partial charge >= 0.3 is 0 Å². The van der Waals surface area contributed by atoms with Crippen molar-refractivity contribution in [3.05, 3.63) is 54.1 Å². The molecule has 4 nitrogen and oxygen atoms in total. The first kappa shape index (κ1) is 21.8. The van der Waals surface area contributed by atoms with Crippen LogP contribution in [-0.4, -0.2) is 19.1 Å². The molecule has 0 heterocycles. The minimum atomic E-state index is -0.00803. The van der Waals surface area contributed by atoms with E-state index >= 15 is 0 Å². The standard InChI is InChI=1S/C24H33NO3/c1-5-6-17-27-22-15-11-20(12-16-22)25-23(26)8-7-18-28-21-13-9-19(10-14-21)24(2,3)4/h9-16H,5-8,17-18H2,1-4H3,(H,25,26). The van der Waals surface area contributed by atoms with E-state index < -0.39 is 0 Å². The van der Waals surface area contributed by atoms with Crippen molar-refractivity contribution in [2.24, 2.45) is 0 Å². The summed E-state index contributed by atoms with van der Waals surface area (Å²) in [4.78, 5) is 12.1. The van der Waals surface area contributed by atoms with Crippen LogP contribution in [-0.2, 0) is 10.2 Å². The first-order chi connectivity index (χ1) is 13.4. The van der Waals surface area contributed by atoms with Crippen molar-refractivity contribution in [2.45, 2.75) is 58.8 Å². The largest absolute Gasteiger partial charge is 0.494 e. The van der Waals surface area contributed by atoms with E-state index in [9.17, 15) is 4.79 Å². The van der Waals surface area contributed by atoms with Crippen molar-refractivity contribution in [1.29, 1.82) is 0 Å². The number of benzene rings is 2. The van der Waals surface area contributed by atoms with E-state index in [1.807, 2.05) is 36.4 Å². The van der Waals surface area contributed by atoms with Gasteiger partial charge in [0.15, 0.2) is 0 Å². The summed E-state index contributed by atoms with van der Waals surface area (Å²) in [6.45, 7) is 9.95. The lowest BCUT2D eigenvalue weighted by Gasteiger charge is -2.19. The average molecular weight is 384 g/mol. The third-order valence-electron chi connectivity index (χ3n) is 4.44. The predicted molar refractivity (Wildman–Crippen MR) is 115 cm³/mol. The summed E-state index contributed by atoms with van der Waals surface area (Å²) >= 11 is 0. The zero-order chi connectivity index (χ0) is 20.4. The second kappa shape index (κ2) is 10.7. The van der Waals surface area contributed by atoms with E-state index in [-0.39, 0.29) is 11.3 Å². The molecule has 0 atom stereocenters. The van der Waals surface area contributed by atoms with Gasteiger partial charge in [-0.2, -0.15) is 0 Å². The predicted octanol–water partition coefficient (Wildman–Crippen LogP) is 5.96. The van der Waals surface area contributed by atoms with Crippen molar-refractivity contribution in [1.82, 2.24) is 0 Å². The van der Waals surface area contributed by atoms with E-state index in [2.05, 4.69) is 45.1 Å². The van der Waals surface area contributed by atoms with Crippen molar-refractivity contribution in [2.75, 3.05) is 18.5 Å². The molecular weight excluding hydrogens is 350 g/mol. The van der Waals surface area contributed by atoms with Gasteiger partial charge < -0.3 is 14.8 Å². The zero-order valence-corrected chi connectivity index (χ0v) is 17.6. The summed E-state index contributed by atoms with van der Waals surface area (Å²) in [7, 11) is 0. The van der Waals surface area contributed by atoms with Crippen LogP contribution < -0.4 is 14.8 Å². The van der Waals surface area contributed by atoms with Gasteiger partial charge in [-0.05, 0) is 60.2 Å². The van der Waals surface area contributed by atoms with E-state index in [0.29, 0.717) is 19.4 Å². The van der Waals surface area contributed by atoms with Crippen LogP contribution in [0.4, 0.5) is 5.69 Å². The molecule has 1 N–H and O–H groups in total. The topological polar surface area (TPSA) is 47.6 Å². The molecule has 0 aromatic heterocycles. The van der Waals surface area contributed by atoms with Crippen molar-refractivity contribution < 1.29 is 14.3 Å². The van der Waals surface area contributed by atoms with Crippen LogP contribution in [0.5, 0.6) is 11.5 Å². The molecule has 1 amide bonds. The lowest BCUT2D eigenvalue weighted by Crippen LogP contribution is -2.13. The Bertz CT molecular complexity index is 715. The number of carbonyl (C=O) groups excluding carboxylic acids is 1. The van der Waals surface area contributed by atoms with Gasteiger partial charge in [0.25, 0.3) is 0 Å². The van der Waals surface area contributed by atoms with Crippen LogP contribution in [0.1, 0.15) is 58.9 Å². The first-order valence-corrected chi connectivity index (χ1v) is 10.1. The van der Waals surface area contributed by atoms with Gasteiger partial charge in [0.2, 0.25) is 5.91 Å². The van der Waals surface area contributed by atoms with Gasteiger partial charge in [-0.15, -0.1) is 0 Å². The average Bonchev–Trinajstić information content (AvgIpc) is 2.66. The minimum absolute atomic E-state index is 0.00803. The normalized spacial score (nSPS) is 11.1. The molecule has 4 heteroatoms. The maximum absolute atomic E-state index is 12.1. The highest BCUT2D eigenvalue weighted by molar-refractivity contribution is 5.90. The quantitative estimate of drug-likeness (QED) is 0.515. The smallest absolute Gasteiger partial charge is 0.224 e. The molecule has 2 aromatic carbocycles. The molecule has 0 aliphatic carbocycles. The summed E-state index contributed by atoms with van der Waals surface area (Å²) in [5, 5.41) is 2.91. The van der Waals surface area contributed by atoms with Crippen LogP contribution in [0, 0.1) is 0 Å². The van der Waals surface area contributed by atoms with Crippen LogP contribution in [0.3, 0.4) is 0 Å². The number of rotatable bonds is 10. The number of hydrogen-bond donors (Lipinski definition) is 1. The molecule has 2 aromatic rings. The lowest BCUT2D eigenvalue weighted by atomic mass is 9.87. The van der Waals surface area contributed by atoms with Crippen molar-refractivity contribution in [3.8, 4) is 11.5 Å². The fourth-order valence-corrected chi connectivity index (χ4v) is 2.67. The molecule has 0 spiro atoms. The second-order valence-electron chi connectivity index (χ2n) is 8.00. The molecule has 0 aliphatic rings. The number of nitrogens with one attached hydrogen (secondary N) is 1. The zero-order valence-electron chi connectivity index (χ0n) is 17.6. The summed E-state index contributed by atoms with van der Waals surface area (Å²) in [5.41, 5.74) is 2.20. The molecule has 0 radical (unpaired) electrons. The number of carbonyl (C=O) groups is 1. The maximum Gasteiger partial charge on any atom is 0.224 e. The highest BCUT2D eigenvalue weighted by Gasteiger charge is 2.13. The van der Waals surface area contributed by atoms with E-state index in [4.69, 9.17) is 9.47 Å².